The Kier molecular flexibility index (Phi) is 5.66. The van der Waals surface area contributed by atoms with E-state index in [2.05, 4.69) is 47.8 Å². The zero-order valence-corrected chi connectivity index (χ0v) is 18.2. The zero-order chi connectivity index (χ0) is 22.1. The van der Waals surface area contributed by atoms with Crippen LogP contribution in [0.25, 0.3) is 21.7 Å². The molecule has 4 aromatic rings. The quantitative estimate of drug-likeness (QED) is 0.431. The Hall–Kier alpha value is -3.18. The van der Waals surface area contributed by atoms with Gasteiger partial charge in [-0.15, -0.1) is 0 Å². The van der Waals surface area contributed by atoms with Gasteiger partial charge in [-0.25, -0.2) is 4.39 Å². The highest BCUT2D eigenvalue weighted by Gasteiger charge is 2.26. The molecule has 1 aromatic heterocycles. The summed E-state index contributed by atoms with van der Waals surface area (Å²) in [4.78, 5) is 12.2. The van der Waals surface area contributed by atoms with Gasteiger partial charge in [-0.2, -0.15) is 0 Å². The van der Waals surface area contributed by atoms with Crippen LogP contribution in [0.1, 0.15) is 30.2 Å². The minimum Gasteiger partial charge on any atom is -0.465 e. The fourth-order valence-corrected chi connectivity index (χ4v) is 5.01. The third-order valence-corrected chi connectivity index (χ3v) is 6.48. The van der Waals surface area contributed by atoms with Gasteiger partial charge in [0.2, 0.25) is 0 Å². The topological polar surface area (TPSA) is 43.3 Å². The zero-order valence-electron chi connectivity index (χ0n) is 18.2. The molecule has 1 aliphatic rings. The molecule has 0 amide bonds. The molecule has 0 radical (unpaired) electrons. The van der Waals surface area contributed by atoms with Crippen LogP contribution in [0, 0.1) is 5.82 Å². The first-order valence-electron chi connectivity index (χ1n) is 11.3. The Bertz CT molecular complexity index is 1290. The third kappa shape index (κ3) is 3.89. The first-order valence-corrected chi connectivity index (χ1v) is 11.3. The lowest BCUT2D eigenvalue weighted by Gasteiger charge is -2.25. The van der Waals surface area contributed by atoms with Crippen molar-refractivity contribution in [2.45, 2.75) is 45.3 Å². The predicted octanol–water partition coefficient (Wildman–Crippen LogP) is 5.14. The Morgan fingerprint density at radius 2 is 1.97 bits per heavy atom. The highest BCUT2D eigenvalue weighted by molar-refractivity contribution is 5.88. The average Bonchev–Trinajstić information content (AvgIpc) is 3.10. The number of hydrogen-bond donors (Lipinski definition) is 1. The van der Waals surface area contributed by atoms with E-state index in [0.29, 0.717) is 12.6 Å². The summed E-state index contributed by atoms with van der Waals surface area (Å²) in [5.74, 6) is -0.507. The Balaban J connectivity index is 1.41. The normalized spacial score (nSPS) is 15.8. The lowest BCUT2D eigenvalue weighted by Crippen LogP contribution is -2.34. The summed E-state index contributed by atoms with van der Waals surface area (Å²) in [6, 6.07) is 20.0. The fourth-order valence-electron chi connectivity index (χ4n) is 5.01. The monoisotopic (exact) mass is 430 g/mol. The van der Waals surface area contributed by atoms with E-state index in [1.54, 1.807) is 12.1 Å². The lowest BCUT2D eigenvalue weighted by molar-refractivity contribution is -0.143. The molecule has 0 saturated carbocycles. The van der Waals surface area contributed by atoms with Gasteiger partial charge < -0.3 is 14.6 Å². The predicted molar refractivity (Wildman–Crippen MR) is 125 cm³/mol. The maximum atomic E-state index is 14.1. The summed E-state index contributed by atoms with van der Waals surface area (Å²) < 4.78 is 21.3. The van der Waals surface area contributed by atoms with Crippen molar-refractivity contribution in [3.05, 3.63) is 83.3 Å². The second kappa shape index (κ2) is 8.75. The molecule has 32 heavy (non-hydrogen) atoms. The number of fused-ring (bicyclic) bond motifs is 4. The number of halogens is 1. The molecule has 5 heteroatoms. The van der Waals surface area contributed by atoms with E-state index in [4.69, 9.17) is 4.74 Å². The van der Waals surface area contributed by atoms with Gasteiger partial charge in [-0.05, 0) is 66.3 Å². The molecule has 1 aliphatic carbocycles. The SMILES string of the molecule is CCOC(=O)Cn1c2c(c3cc(F)ccc31)C[C@@H](NCc1cccc3ccccc13)CC2. The number of nitrogens with zero attached hydrogens (tertiary/aromatic N) is 1. The van der Waals surface area contributed by atoms with Crippen molar-refractivity contribution in [1.82, 2.24) is 9.88 Å². The summed E-state index contributed by atoms with van der Waals surface area (Å²) in [7, 11) is 0. The van der Waals surface area contributed by atoms with Crippen LogP contribution in [0.15, 0.2) is 60.7 Å². The average molecular weight is 431 g/mol. The van der Waals surface area contributed by atoms with Crippen molar-refractivity contribution in [1.29, 1.82) is 0 Å². The molecule has 0 saturated heterocycles. The summed E-state index contributed by atoms with van der Waals surface area (Å²) in [6.45, 7) is 3.12. The number of rotatable bonds is 6. The number of nitrogens with one attached hydrogen (secondary N) is 1. The third-order valence-electron chi connectivity index (χ3n) is 6.48. The van der Waals surface area contributed by atoms with Gasteiger partial charge >= 0.3 is 5.97 Å². The van der Waals surface area contributed by atoms with E-state index in [0.717, 1.165) is 48.0 Å². The van der Waals surface area contributed by atoms with Crippen LogP contribution in [-0.4, -0.2) is 23.2 Å². The maximum Gasteiger partial charge on any atom is 0.325 e. The first-order chi connectivity index (χ1) is 15.6. The Morgan fingerprint density at radius 3 is 2.84 bits per heavy atom. The van der Waals surface area contributed by atoms with Gasteiger partial charge in [-0.1, -0.05) is 42.5 Å². The minimum atomic E-state index is -0.257. The molecule has 4 nitrogen and oxygen atoms in total. The number of hydrogen-bond acceptors (Lipinski definition) is 3. The van der Waals surface area contributed by atoms with Crippen LogP contribution in [0.2, 0.25) is 0 Å². The van der Waals surface area contributed by atoms with E-state index in [-0.39, 0.29) is 18.3 Å². The van der Waals surface area contributed by atoms with Crippen molar-refractivity contribution >= 4 is 27.6 Å². The second-order valence-corrected chi connectivity index (χ2v) is 8.44. The smallest absolute Gasteiger partial charge is 0.325 e. The van der Waals surface area contributed by atoms with Gasteiger partial charge in [-0.3, -0.25) is 4.79 Å². The van der Waals surface area contributed by atoms with Crippen LogP contribution in [-0.2, 0) is 35.5 Å². The van der Waals surface area contributed by atoms with Crippen molar-refractivity contribution in [3.8, 4) is 0 Å². The summed E-state index contributed by atoms with van der Waals surface area (Å²) in [5.41, 5.74) is 4.45. The van der Waals surface area contributed by atoms with Crippen LogP contribution in [0.3, 0.4) is 0 Å². The fraction of sp³-hybridized carbons (Fsp3) is 0.296. The summed E-state index contributed by atoms with van der Waals surface area (Å²) >= 11 is 0. The Labute approximate surface area is 187 Å². The molecule has 164 valence electrons. The van der Waals surface area contributed by atoms with E-state index >= 15 is 0 Å². The molecular weight excluding hydrogens is 403 g/mol. The number of carbonyl (C=O) groups excluding carboxylic acids is 1. The van der Waals surface area contributed by atoms with Crippen molar-refractivity contribution in [2.24, 2.45) is 0 Å². The number of carbonyl (C=O) groups is 1. The number of esters is 1. The highest BCUT2D eigenvalue weighted by atomic mass is 19.1. The highest BCUT2D eigenvalue weighted by Crippen LogP contribution is 2.33. The second-order valence-electron chi connectivity index (χ2n) is 8.44. The molecule has 0 bridgehead atoms. The molecule has 1 N–H and O–H groups in total. The van der Waals surface area contributed by atoms with Crippen molar-refractivity contribution < 1.29 is 13.9 Å². The molecule has 0 fully saturated rings. The standard InChI is InChI=1S/C27H27FN2O2/c1-2-32-27(31)17-30-25-12-10-20(28)14-23(25)24-15-21(11-13-26(24)30)29-16-19-8-5-7-18-6-3-4-9-22(18)19/h3-10,12,14,21,29H,2,11,13,15-17H2,1H3/t21-/m0/s1. The molecule has 0 unspecified atom stereocenters. The van der Waals surface area contributed by atoms with Gasteiger partial charge in [0.1, 0.15) is 12.4 Å². The number of benzene rings is 3. The van der Waals surface area contributed by atoms with Gasteiger partial charge in [0, 0.05) is 29.2 Å². The number of ether oxygens (including phenoxy) is 1. The molecule has 5 rings (SSSR count). The van der Waals surface area contributed by atoms with Crippen LogP contribution >= 0.6 is 0 Å². The summed E-state index contributed by atoms with van der Waals surface area (Å²) in [5, 5.41) is 7.15. The molecular formula is C27H27FN2O2. The van der Waals surface area contributed by atoms with E-state index in [1.807, 2.05) is 11.5 Å². The summed E-state index contributed by atoms with van der Waals surface area (Å²) in [6.07, 6.45) is 2.63. The van der Waals surface area contributed by atoms with Crippen molar-refractivity contribution in [3.63, 3.8) is 0 Å². The van der Waals surface area contributed by atoms with Crippen LogP contribution in [0.4, 0.5) is 4.39 Å². The maximum absolute atomic E-state index is 14.1. The minimum absolute atomic E-state index is 0.166. The molecule has 0 aliphatic heterocycles. The molecule has 1 heterocycles. The molecule has 3 aromatic carbocycles. The van der Waals surface area contributed by atoms with E-state index in [9.17, 15) is 9.18 Å². The largest absolute Gasteiger partial charge is 0.465 e. The van der Waals surface area contributed by atoms with E-state index in [1.165, 1.54) is 22.4 Å². The molecule has 1 atom stereocenters. The van der Waals surface area contributed by atoms with Gasteiger partial charge in [0.05, 0.1) is 6.61 Å². The lowest BCUT2D eigenvalue weighted by atomic mass is 9.91. The van der Waals surface area contributed by atoms with Crippen LogP contribution < -0.4 is 5.32 Å². The number of aromatic nitrogens is 1. The molecule has 0 spiro atoms. The van der Waals surface area contributed by atoms with Crippen LogP contribution in [0.5, 0.6) is 0 Å². The first kappa shape index (κ1) is 20.7. The van der Waals surface area contributed by atoms with Gasteiger partial charge in [0.25, 0.3) is 0 Å². The van der Waals surface area contributed by atoms with E-state index < -0.39 is 0 Å². The van der Waals surface area contributed by atoms with Crippen molar-refractivity contribution in [2.75, 3.05) is 6.61 Å². The Morgan fingerprint density at radius 1 is 1.12 bits per heavy atom. The van der Waals surface area contributed by atoms with Gasteiger partial charge in [0.15, 0.2) is 0 Å².